The minimum Gasteiger partial charge on any atom is -0.347 e. The Bertz CT molecular complexity index is 885. The highest BCUT2D eigenvalue weighted by Crippen LogP contribution is 2.35. The minimum atomic E-state index is -0.283. The Labute approximate surface area is 144 Å². The predicted octanol–water partition coefficient (Wildman–Crippen LogP) is 4.24. The van der Waals surface area contributed by atoms with Crippen molar-refractivity contribution in [3.8, 4) is 0 Å². The van der Waals surface area contributed by atoms with E-state index >= 15 is 0 Å². The first-order valence-electron chi connectivity index (χ1n) is 7.91. The lowest BCUT2D eigenvalue weighted by molar-refractivity contribution is 0.0667. The maximum absolute atomic E-state index is 13.5. The smallest absolute Gasteiger partial charge is 0.254 e. The fraction of sp³-hybridized carbons (Fsp3) is 0.211. The second-order valence-corrected chi connectivity index (χ2v) is 6.99. The van der Waals surface area contributed by atoms with Gasteiger partial charge in [-0.25, -0.2) is 4.39 Å². The molecule has 2 aromatic heterocycles. The minimum absolute atomic E-state index is 0.0519. The summed E-state index contributed by atoms with van der Waals surface area (Å²) in [5, 5.41) is 2.03. The molecule has 0 N–H and O–H groups in total. The van der Waals surface area contributed by atoms with Crippen LogP contribution in [-0.4, -0.2) is 21.9 Å². The number of rotatable bonds is 2. The highest BCUT2D eigenvalue weighted by molar-refractivity contribution is 7.10. The van der Waals surface area contributed by atoms with Crippen molar-refractivity contribution in [3.63, 3.8) is 0 Å². The molecule has 0 radical (unpaired) electrons. The SMILES string of the molecule is Cc1cc(C(=O)N2CCn3cccc3[C@H]2c2cccs2)ccc1F. The molecule has 1 amide bonds. The van der Waals surface area contributed by atoms with E-state index in [1.54, 1.807) is 30.4 Å². The highest BCUT2D eigenvalue weighted by atomic mass is 32.1. The molecule has 1 aliphatic rings. The van der Waals surface area contributed by atoms with Gasteiger partial charge in [-0.15, -0.1) is 11.3 Å². The molecule has 1 aliphatic heterocycles. The predicted molar refractivity (Wildman–Crippen MR) is 92.8 cm³/mol. The molecule has 5 heteroatoms. The average Bonchev–Trinajstić information content (AvgIpc) is 3.26. The Morgan fingerprint density at radius 2 is 2.08 bits per heavy atom. The van der Waals surface area contributed by atoms with Crippen molar-refractivity contribution in [2.75, 3.05) is 6.54 Å². The van der Waals surface area contributed by atoms with E-state index in [2.05, 4.69) is 22.9 Å². The summed E-state index contributed by atoms with van der Waals surface area (Å²) in [6.45, 7) is 3.10. The lowest BCUT2D eigenvalue weighted by Gasteiger charge is -2.36. The number of thiophene rings is 1. The van der Waals surface area contributed by atoms with Gasteiger partial charge in [-0.2, -0.15) is 0 Å². The number of fused-ring (bicyclic) bond motifs is 1. The standard InChI is InChI=1S/C19H17FN2OS/c1-13-12-14(6-7-15(13)20)19(23)22-10-9-21-8-2-4-16(21)18(22)17-5-3-11-24-17/h2-8,11-12,18H,9-10H2,1H3/t18-/m0/s1. The first-order chi connectivity index (χ1) is 11.6. The summed E-state index contributed by atoms with van der Waals surface area (Å²) >= 11 is 1.65. The van der Waals surface area contributed by atoms with Crippen LogP contribution in [0.4, 0.5) is 4.39 Å². The van der Waals surface area contributed by atoms with E-state index in [-0.39, 0.29) is 17.8 Å². The van der Waals surface area contributed by atoms with Gasteiger partial charge < -0.3 is 9.47 Å². The zero-order chi connectivity index (χ0) is 16.7. The molecule has 0 bridgehead atoms. The number of amides is 1. The van der Waals surface area contributed by atoms with Gasteiger partial charge in [0.25, 0.3) is 5.91 Å². The van der Waals surface area contributed by atoms with Crippen molar-refractivity contribution >= 4 is 17.2 Å². The molecule has 0 fully saturated rings. The first-order valence-corrected chi connectivity index (χ1v) is 8.78. The van der Waals surface area contributed by atoms with Gasteiger partial charge in [0.05, 0.1) is 0 Å². The van der Waals surface area contributed by atoms with Crippen molar-refractivity contribution in [2.24, 2.45) is 0 Å². The molecule has 0 saturated heterocycles. The summed E-state index contributed by atoms with van der Waals surface area (Å²) in [6, 6.07) is 12.6. The maximum atomic E-state index is 13.5. The molecule has 1 aromatic carbocycles. The number of benzene rings is 1. The number of halogens is 1. The maximum Gasteiger partial charge on any atom is 0.254 e. The van der Waals surface area contributed by atoms with E-state index in [9.17, 15) is 9.18 Å². The van der Waals surface area contributed by atoms with E-state index in [1.165, 1.54) is 6.07 Å². The third kappa shape index (κ3) is 2.45. The van der Waals surface area contributed by atoms with Gasteiger partial charge in [0.2, 0.25) is 0 Å². The van der Waals surface area contributed by atoms with Crippen molar-refractivity contribution in [3.05, 3.63) is 81.6 Å². The Morgan fingerprint density at radius 3 is 2.83 bits per heavy atom. The fourth-order valence-corrected chi connectivity index (χ4v) is 4.14. The molecule has 122 valence electrons. The Morgan fingerprint density at radius 1 is 1.21 bits per heavy atom. The number of hydrogen-bond acceptors (Lipinski definition) is 2. The second-order valence-electron chi connectivity index (χ2n) is 6.01. The number of aryl methyl sites for hydroxylation is 1. The van der Waals surface area contributed by atoms with E-state index in [4.69, 9.17) is 0 Å². The van der Waals surface area contributed by atoms with E-state index in [1.807, 2.05) is 22.4 Å². The van der Waals surface area contributed by atoms with Crippen molar-refractivity contribution in [1.82, 2.24) is 9.47 Å². The van der Waals surface area contributed by atoms with Crippen LogP contribution < -0.4 is 0 Å². The summed E-state index contributed by atoms with van der Waals surface area (Å²) in [5.41, 5.74) is 2.15. The lowest BCUT2D eigenvalue weighted by atomic mass is 10.0. The van der Waals surface area contributed by atoms with Crippen LogP contribution in [0.25, 0.3) is 0 Å². The van der Waals surface area contributed by atoms with Crippen LogP contribution in [0, 0.1) is 12.7 Å². The van der Waals surface area contributed by atoms with Crippen LogP contribution in [0.2, 0.25) is 0 Å². The van der Waals surface area contributed by atoms with Crippen LogP contribution in [0.1, 0.15) is 32.5 Å². The Hall–Kier alpha value is -2.40. The number of carbonyl (C=O) groups excluding carboxylic acids is 1. The molecule has 3 aromatic rings. The zero-order valence-corrected chi connectivity index (χ0v) is 14.1. The lowest BCUT2D eigenvalue weighted by Crippen LogP contribution is -2.42. The van der Waals surface area contributed by atoms with Crippen LogP contribution in [0.3, 0.4) is 0 Å². The van der Waals surface area contributed by atoms with Crippen molar-refractivity contribution in [1.29, 1.82) is 0 Å². The number of aromatic nitrogens is 1. The van der Waals surface area contributed by atoms with Gasteiger partial charge in [0.15, 0.2) is 0 Å². The van der Waals surface area contributed by atoms with E-state index in [0.29, 0.717) is 17.7 Å². The van der Waals surface area contributed by atoms with E-state index in [0.717, 1.165) is 17.1 Å². The summed E-state index contributed by atoms with van der Waals surface area (Å²) in [6.07, 6.45) is 2.06. The summed E-state index contributed by atoms with van der Waals surface area (Å²) in [7, 11) is 0. The third-order valence-corrected chi connectivity index (χ3v) is 5.44. The Kier molecular flexibility index (Phi) is 3.73. The molecule has 24 heavy (non-hydrogen) atoms. The number of carbonyl (C=O) groups is 1. The van der Waals surface area contributed by atoms with Gasteiger partial charge in [-0.1, -0.05) is 6.07 Å². The molecular weight excluding hydrogens is 323 g/mol. The van der Waals surface area contributed by atoms with Gasteiger partial charge in [-0.05, 0) is 54.3 Å². The molecule has 0 aliphatic carbocycles. The molecule has 4 rings (SSSR count). The third-order valence-electron chi connectivity index (χ3n) is 4.52. The molecule has 0 spiro atoms. The topological polar surface area (TPSA) is 25.2 Å². The van der Waals surface area contributed by atoms with Crippen LogP contribution in [0.5, 0.6) is 0 Å². The molecule has 3 nitrogen and oxygen atoms in total. The monoisotopic (exact) mass is 340 g/mol. The van der Waals surface area contributed by atoms with Gasteiger partial charge in [-0.3, -0.25) is 4.79 Å². The zero-order valence-electron chi connectivity index (χ0n) is 13.3. The molecule has 1 atom stereocenters. The Balaban J connectivity index is 1.76. The highest BCUT2D eigenvalue weighted by Gasteiger charge is 2.33. The summed E-state index contributed by atoms with van der Waals surface area (Å²) < 4.78 is 15.7. The van der Waals surface area contributed by atoms with Crippen LogP contribution >= 0.6 is 11.3 Å². The van der Waals surface area contributed by atoms with Gasteiger partial charge in [0.1, 0.15) is 11.9 Å². The molecule has 0 unspecified atom stereocenters. The van der Waals surface area contributed by atoms with Crippen LogP contribution in [-0.2, 0) is 6.54 Å². The average molecular weight is 340 g/mol. The van der Waals surface area contributed by atoms with Gasteiger partial charge >= 0.3 is 0 Å². The fourth-order valence-electron chi connectivity index (χ4n) is 3.29. The van der Waals surface area contributed by atoms with Gasteiger partial charge in [0, 0.05) is 35.4 Å². The molecular formula is C19H17FN2OS. The first kappa shape index (κ1) is 15.1. The number of nitrogens with zero attached hydrogens (tertiary/aromatic N) is 2. The largest absolute Gasteiger partial charge is 0.347 e. The van der Waals surface area contributed by atoms with Crippen molar-refractivity contribution < 1.29 is 9.18 Å². The quantitative estimate of drug-likeness (QED) is 0.685. The summed E-state index contributed by atoms with van der Waals surface area (Å²) in [5.74, 6) is -0.335. The second kappa shape index (κ2) is 5.91. The normalized spacial score (nSPS) is 16.9. The van der Waals surface area contributed by atoms with Crippen molar-refractivity contribution in [2.45, 2.75) is 19.5 Å². The summed E-state index contributed by atoms with van der Waals surface area (Å²) in [4.78, 5) is 16.1. The van der Waals surface area contributed by atoms with E-state index < -0.39 is 0 Å². The number of hydrogen-bond donors (Lipinski definition) is 0. The van der Waals surface area contributed by atoms with Crippen LogP contribution in [0.15, 0.2) is 54.0 Å². The molecule has 0 saturated carbocycles. The molecule has 3 heterocycles.